The first kappa shape index (κ1) is 19.3. The third kappa shape index (κ3) is 3.17. The molecule has 5 rings (SSSR count). The quantitative estimate of drug-likeness (QED) is 0.666. The highest BCUT2D eigenvalue weighted by Gasteiger charge is 2.53. The number of nitrogens with two attached hydrogens (primary N) is 1. The molecule has 3 heterocycles. The predicted molar refractivity (Wildman–Crippen MR) is 120 cm³/mol. The lowest BCUT2D eigenvalue weighted by molar-refractivity contribution is 0.0480. The molecule has 0 spiro atoms. The molecule has 1 saturated heterocycles. The van der Waals surface area contributed by atoms with Crippen molar-refractivity contribution in [2.24, 2.45) is 10.8 Å². The van der Waals surface area contributed by atoms with Crippen molar-refractivity contribution in [1.29, 1.82) is 0 Å². The van der Waals surface area contributed by atoms with E-state index in [1.54, 1.807) is 0 Å². The van der Waals surface area contributed by atoms with Crippen molar-refractivity contribution in [3.8, 4) is 0 Å². The maximum Gasteiger partial charge on any atom is 0.266 e. The number of carbonyl (C=O) groups excluding carboxylic acids is 1. The van der Waals surface area contributed by atoms with E-state index in [0.717, 1.165) is 42.4 Å². The van der Waals surface area contributed by atoms with Crippen molar-refractivity contribution in [2.45, 2.75) is 84.6 Å². The van der Waals surface area contributed by atoms with Crippen molar-refractivity contribution < 1.29 is 4.79 Å². The third-order valence-electron chi connectivity index (χ3n) is 7.76. The molecule has 2 aromatic rings. The molecule has 2 N–H and O–H groups in total. The summed E-state index contributed by atoms with van der Waals surface area (Å²) < 4.78 is 0. The summed E-state index contributed by atoms with van der Waals surface area (Å²) in [4.78, 5) is 22.4. The van der Waals surface area contributed by atoms with Crippen molar-refractivity contribution in [2.75, 3.05) is 12.3 Å². The summed E-state index contributed by atoms with van der Waals surface area (Å²) in [7, 11) is 0. The highest BCUT2D eigenvalue weighted by atomic mass is 32.1. The summed E-state index contributed by atoms with van der Waals surface area (Å²) in [5.41, 5.74) is 10.3. The average Bonchev–Trinajstić information content (AvgIpc) is 3.05. The Balaban J connectivity index is 1.51. The Morgan fingerprint density at radius 3 is 2.76 bits per heavy atom. The minimum absolute atomic E-state index is 0.125. The maximum atomic E-state index is 13.6. The third-order valence-corrected chi connectivity index (χ3v) is 8.86. The molecule has 0 aromatic carbocycles. The van der Waals surface area contributed by atoms with Crippen molar-refractivity contribution in [3.63, 3.8) is 0 Å². The first-order chi connectivity index (χ1) is 13.8. The molecule has 1 amide bonds. The van der Waals surface area contributed by atoms with E-state index in [9.17, 15) is 4.79 Å². The van der Waals surface area contributed by atoms with Crippen LogP contribution in [0.2, 0.25) is 0 Å². The summed E-state index contributed by atoms with van der Waals surface area (Å²) in [6.07, 6.45) is 10.6. The van der Waals surface area contributed by atoms with Crippen LogP contribution in [0.1, 0.15) is 86.6 Å². The number of hydrogen-bond donors (Lipinski definition) is 1. The fraction of sp³-hybridized carbons (Fsp3) is 0.667. The van der Waals surface area contributed by atoms with E-state index < -0.39 is 0 Å². The van der Waals surface area contributed by atoms with Crippen LogP contribution in [-0.2, 0) is 12.8 Å². The summed E-state index contributed by atoms with van der Waals surface area (Å²) >= 11 is 1.51. The first-order valence-corrected chi connectivity index (χ1v) is 12.1. The van der Waals surface area contributed by atoms with Crippen LogP contribution in [0.5, 0.6) is 0 Å². The SMILES string of the molecule is CC12CCN(C(=O)c3sc4nc5c(cc4c3N)CCCCCC5)C(C1)C(C)(C)C2. The number of piperidine rings is 1. The fourth-order valence-corrected chi connectivity index (χ4v) is 7.40. The van der Waals surface area contributed by atoms with Gasteiger partial charge in [0.25, 0.3) is 5.91 Å². The topological polar surface area (TPSA) is 59.2 Å². The molecule has 5 heteroatoms. The van der Waals surface area contributed by atoms with Gasteiger partial charge in [0, 0.05) is 23.7 Å². The van der Waals surface area contributed by atoms with Gasteiger partial charge >= 0.3 is 0 Å². The van der Waals surface area contributed by atoms with Crippen LogP contribution in [0.25, 0.3) is 10.2 Å². The second-order valence-electron chi connectivity index (χ2n) is 10.7. The van der Waals surface area contributed by atoms with Crippen LogP contribution >= 0.6 is 11.3 Å². The van der Waals surface area contributed by atoms with Crippen LogP contribution < -0.4 is 5.73 Å². The number of anilines is 1. The number of pyridine rings is 1. The van der Waals surface area contributed by atoms with Gasteiger partial charge in [-0.25, -0.2) is 4.98 Å². The molecule has 29 heavy (non-hydrogen) atoms. The molecule has 0 radical (unpaired) electrons. The molecule has 3 aliphatic rings. The van der Waals surface area contributed by atoms with E-state index in [0.29, 0.717) is 22.0 Å². The molecular formula is C24H33N3OS. The average molecular weight is 412 g/mol. The van der Waals surface area contributed by atoms with Gasteiger partial charge in [0.05, 0.1) is 5.69 Å². The normalized spacial score (nSPS) is 28.8. The van der Waals surface area contributed by atoms with Crippen LogP contribution in [0, 0.1) is 10.8 Å². The summed E-state index contributed by atoms with van der Waals surface area (Å²) in [6, 6.07) is 2.55. The molecular weight excluding hydrogens is 378 g/mol. The number of nitrogens with zero attached hydrogens (tertiary/aromatic N) is 2. The molecule has 2 bridgehead atoms. The summed E-state index contributed by atoms with van der Waals surface area (Å²) in [6.45, 7) is 7.89. The largest absolute Gasteiger partial charge is 0.397 e. The fourth-order valence-electron chi connectivity index (χ4n) is 6.35. The molecule has 2 fully saturated rings. The predicted octanol–water partition coefficient (Wildman–Crippen LogP) is 5.58. The van der Waals surface area contributed by atoms with Crippen molar-refractivity contribution in [3.05, 3.63) is 22.2 Å². The van der Waals surface area contributed by atoms with Gasteiger partial charge in [-0.05, 0) is 67.4 Å². The second-order valence-corrected chi connectivity index (χ2v) is 11.6. The summed E-state index contributed by atoms with van der Waals surface area (Å²) in [5, 5.41) is 0.991. The lowest BCUT2D eigenvalue weighted by Gasteiger charge is -2.40. The highest BCUT2D eigenvalue weighted by Crippen LogP contribution is 2.56. The summed E-state index contributed by atoms with van der Waals surface area (Å²) in [5.74, 6) is 0.125. The van der Waals surface area contributed by atoms with Gasteiger partial charge in [-0.15, -0.1) is 11.3 Å². The molecule has 4 nitrogen and oxygen atoms in total. The van der Waals surface area contributed by atoms with Gasteiger partial charge < -0.3 is 10.6 Å². The Hall–Kier alpha value is -1.62. The van der Waals surface area contributed by atoms with Gasteiger partial charge in [-0.1, -0.05) is 33.6 Å². The molecule has 2 aliphatic carbocycles. The van der Waals surface area contributed by atoms with Crippen molar-refractivity contribution >= 4 is 33.1 Å². The minimum atomic E-state index is 0.125. The lowest BCUT2D eigenvalue weighted by Crippen LogP contribution is -2.48. The zero-order chi connectivity index (χ0) is 20.4. The van der Waals surface area contributed by atoms with E-state index in [2.05, 4.69) is 31.7 Å². The first-order valence-electron chi connectivity index (χ1n) is 11.3. The highest BCUT2D eigenvalue weighted by molar-refractivity contribution is 7.21. The van der Waals surface area contributed by atoms with Crippen LogP contribution in [0.15, 0.2) is 6.07 Å². The van der Waals surface area contributed by atoms with Gasteiger partial charge in [-0.3, -0.25) is 4.79 Å². The van der Waals surface area contributed by atoms with Gasteiger partial charge in [0.15, 0.2) is 0 Å². The number of aryl methyl sites for hydroxylation is 2. The van der Waals surface area contributed by atoms with E-state index in [4.69, 9.17) is 10.7 Å². The number of carbonyl (C=O) groups is 1. The molecule has 1 saturated carbocycles. The molecule has 2 atom stereocenters. The standard InChI is InChI=1S/C24H33N3OS/c1-23(2)14-24(3)10-11-27(18(23)13-24)22(28)20-19(25)16-12-15-8-6-4-5-7-9-17(15)26-21(16)29-20/h12,18H,4-11,13-14,25H2,1-3H3. The molecule has 156 valence electrons. The number of likely N-dealkylation sites (tertiary alicyclic amines) is 1. The number of aromatic nitrogens is 1. The number of thiophene rings is 1. The number of hydrogen-bond acceptors (Lipinski definition) is 4. The molecule has 2 aromatic heterocycles. The number of nitrogen functional groups attached to an aromatic ring is 1. The second kappa shape index (κ2) is 6.69. The Morgan fingerprint density at radius 2 is 1.97 bits per heavy atom. The van der Waals surface area contributed by atoms with Crippen molar-refractivity contribution in [1.82, 2.24) is 9.88 Å². The number of fused-ring (bicyclic) bond motifs is 4. The van der Waals surface area contributed by atoms with Crippen LogP contribution in [0.3, 0.4) is 0 Å². The van der Waals surface area contributed by atoms with Gasteiger partial charge in [-0.2, -0.15) is 0 Å². The zero-order valence-corrected chi connectivity index (χ0v) is 18.8. The van der Waals surface area contributed by atoms with E-state index in [-0.39, 0.29) is 11.3 Å². The van der Waals surface area contributed by atoms with Crippen LogP contribution in [-0.4, -0.2) is 28.4 Å². The Morgan fingerprint density at radius 1 is 1.21 bits per heavy atom. The Kier molecular flexibility index (Phi) is 4.47. The monoisotopic (exact) mass is 411 g/mol. The van der Waals surface area contributed by atoms with E-state index in [1.807, 2.05) is 0 Å². The van der Waals surface area contributed by atoms with Gasteiger partial charge in [0.2, 0.25) is 0 Å². The maximum absolute atomic E-state index is 13.6. The zero-order valence-electron chi connectivity index (χ0n) is 18.0. The molecule has 1 aliphatic heterocycles. The smallest absolute Gasteiger partial charge is 0.266 e. The number of rotatable bonds is 1. The Labute approximate surface area is 177 Å². The Bertz CT molecular complexity index is 978. The minimum Gasteiger partial charge on any atom is -0.397 e. The van der Waals surface area contributed by atoms with E-state index >= 15 is 0 Å². The lowest BCUT2D eigenvalue weighted by atomic mass is 9.81. The number of amides is 1. The van der Waals surface area contributed by atoms with E-state index in [1.165, 1.54) is 54.7 Å². The molecule has 2 unspecified atom stereocenters. The van der Waals surface area contributed by atoms with Gasteiger partial charge in [0.1, 0.15) is 9.71 Å². The van der Waals surface area contributed by atoms with Crippen LogP contribution in [0.4, 0.5) is 5.69 Å².